The van der Waals surface area contributed by atoms with Gasteiger partial charge in [-0.3, -0.25) is 14.3 Å². The van der Waals surface area contributed by atoms with E-state index in [0.717, 1.165) is 32.1 Å². The van der Waals surface area contributed by atoms with Crippen LogP contribution in [-0.2, 0) is 10.0 Å². The fourth-order valence-electron chi connectivity index (χ4n) is 5.51. The second-order valence-electron chi connectivity index (χ2n) is 11.7. The number of anilines is 3. The van der Waals surface area contributed by atoms with Crippen molar-refractivity contribution in [3.8, 4) is 0 Å². The standard InChI is InChI=1S/C27H38F2N4O5SSi/c1-27(28,29)19-6-8-21(17-19)33-10-4-5-23(26(33)36)30-25(35)22-9-7-20(31-39(37,38)14-13-34)18-24(22)32-11-15-40(2,3)16-12-32/h4-5,7,9-10,18-19,21,31,34H,6,8,11-17H2,1-3H3,(H,30,35)/t19-,21+/m0/s1. The minimum atomic E-state index is -3.77. The number of pyridine rings is 1. The molecule has 1 amide bonds. The molecule has 0 radical (unpaired) electrons. The number of nitrogens with one attached hydrogen (secondary N) is 2. The Kier molecular flexibility index (Phi) is 8.76. The Morgan fingerprint density at radius 3 is 2.50 bits per heavy atom. The van der Waals surface area contributed by atoms with Gasteiger partial charge in [0.2, 0.25) is 15.9 Å². The highest BCUT2D eigenvalue weighted by molar-refractivity contribution is 7.92. The van der Waals surface area contributed by atoms with E-state index in [-0.39, 0.29) is 29.4 Å². The van der Waals surface area contributed by atoms with Crippen molar-refractivity contribution in [1.29, 1.82) is 0 Å². The Balaban J connectivity index is 1.61. The van der Waals surface area contributed by atoms with Gasteiger partial charge in [-0.25, -0.2) is 17.2 Å². The molecule has 1 aromatic carbocycles. The third kappa shape index (κ3) is 7.10. The first-order valence-corrected chi connectivity index (χ1v) is 18.7. The number of carbonyl (C=O) groups is 1. The van der Waals surface area contributed by atoms with Gasteiger partial charge in [-0.05, 0) is 68.6 Å². The number of carbonyl (C=O) groups excluding carboxylic acids is 1. The van der Waals surface area contributed by atoms with Crippen LogP contribution in [0.3, 0.4) is 0 Å². The second-order valence-corrected chi connectivity index (χ2v) is 18.9. The van der Waals surface area contributed by atoms with Crippen LogP contribution in [0.25, 0.3) is 0 Å². The van der Waals surface area contributed by atoms with E-state index in [1.165, 1.54) is 22.8 Å². The maximum Gasteiger partial charge on any atom is 0.274 e. The summed E-state index contributed by atoms with van der Waals surface area (Å²) >= 11 is 0. The summed E-state index contributed by atoms with van der Waals surface area (Å²) in [4.78, 5) is 28.9. The van der Waals surface area contributed by atoms with Gasteiger partial charge in [0.15, 0.2) is 0 Å². The Morgan fingerprint density at radius 2 is 1.88 bits per heavy atom. The summed E-state index contributed by atoms with van der Waals surface area (Å²) in [6.07, 6.45) is 2.53. The number of amides is 1. The molecule has 2 fully saturated rings. The first-order valence-electron chi connectivity index (χ1n) is 13.6. The van der Waals surface area contributed by atoms with Crippen molar-refractivity contribution < 1.29 is 27.1 Å². The minimum absolute atomic E-state index is 0.0464. The molecule has 0 bridgehead atoms. The number of aromatic nitrogens is 1. The Hall–Kier alpha value is -2.77. The number of rotatable bonds is 9. The number of hydrogen-bond donors (Lipinski definition) is 3. The third-order valence-corrected chi connectivity index (χ3v) is 12.5. The number of aliphatic hydroxyl groups is 1. The third-order valence-electron chi connectivity index (χ3n) is 8.07. The van der Waals surface area contributed by atoms with Gasteiger partial charge in [0.05, 0.1) is 37.4 Å². The van der Waals surface area contributed by atoms with Crippen LogP contribution in [-0.4, -0.2) is 63.4 Å². The van der Waals surface area contributed by atoms with Crippen LogP contribution in [0.2, 0.25) is 25.2 Å². The number of nitrogens with zero attached hydrogens (tertiary/aromatic N) is 2. The highest BCUT2D eigenvalue weighted by Crippen LogP contribution is 2.42. The van der Waals surface area contributed by atoms with Gasteiger partial charge in [-0.15, -0.1) is 0 Å². The van der Waals surface area contributed by atoms with E-state index in [9.17, 15) is 26.8 Å². The van der Waals surface area contributed by atoms with Crippen LogP contribution in [0.4, 0.5) is 25.8 Å². The quantitative estimate of drug-likeness (QED) is 0.370. The van der Waals surface area contributed by atoms with E-state index in [1.807, 2.05) is 0 Å². The molecular formula is C27H38F2N4O5SSi. The average molecular weight is 597 g/mol. The van der Waals surface area contributed by atoms with Crippen molar-refractivity contribution in [3.63, 3.8) is 0 Å². The van der Waals surface area contributed by atoms with Gasteiger partial charge in [-0.2, -0.15) is 0 Å². The highest BCUT2D eigenvalue weighted by atomic mass is 32.2. The lowest BCUT2D eigenvalue weighted by molar-refractivity contribution is -0.0379. The molecule has 3 N–H and O–H groups in total. The molecule has 1 aliphatic heterocycles. The topological polar surface area (TPSA) is 121 Å². The van der Waals surface area contributed by atoms with Crippen molar-refractivity contribution in [2.45, 2.75) is 63.3 Å². The molecule has 1 saturated carbocycles. The van der Waals surface area contributed by atoms with Crippen LogP contribution in [0.1, 0.15) is 42.6 Å². The molecular weight excluding hydrogens is 558 g/mol. The molecule has 4 rings (SSSR count). The Bertz CT molecular complexity index is 1400. The number of benzene rings is 1. The Morgan fingerprint density at radius 1 is 1.18 bits per heavy atom. The van der Waals surface area contributed by atoms with Crippen molar-refractivity contribution in [2.75, 3.05) is 40.4 Å². The van der Waals surface area contributed by atoms with E-state index >= 15 is 0 Å². The van der Waals surface area contributed by atoms with Gasteiger partial charge >= 0.3 is 0 Å². The van der Waals surface area contributed by atoms with Crippen LogP contribution >= 0.6 is 0 Å². The molecule has 220 valence electrons. The second kappa shape index (κ2) is 11.6. The molecule has 40 heavy (non-hydrogen) atoms. The van der Waals surface area contributed by atoms with Crippen LogP contribution in [0.15, 0.2) is 41.3 Å². The smallest absolute Gasteiger partial charge is 0.274 e. The predicted octanol–water partition coefficient (Wildman–Crippen LogP) is 4.36. The zero-order chi connectivity index (χ0) is 29.3. The summed E-state index contributed by atoms with van der Waals surface area (Å²) in [6.45, 7) is 6.44. The molecule has 1 aliphatic carbocycles. The average Bonchev–Trinajstić information content (AvgIpc) is 3.36. The van der Waals surface area contributed by atoms with E-state index < -0.39 is 53.8 Å². The van der Waals surface area contributed by atoms with Crippen LogP contribution in [0, 0.1) is 5.92 Å². The van der Waals surface area contributed by atoms with E-state index in [4.69, 9.17) is 5.11 Å². The molecule has 2 aromatic rings. The number of hydrogen-bond acceptors (Lipinski definition) is 6. The van der Waals surface area contributed by atoms with Gasteiger partial charge in [0.1, 0.15) is 5.69 Å². The van der Waals surface area contributed by atoms with Crippen LogP contribution in [0.5, 0.6) is 0 Å². The SMILES string of the molecule is CC(F)(F)[C@H]1CC[C@@H](n2cccc(NC(=O)c3ccc(NS(=O)(=O)CCO)cc3N3CC[Si](C)(C)CC3)c2=O)C1. The molecule has 2 atom stereocenters. The first-order chi connectivity index (χ1) is 18.7. The summed E-state index contributed by atoms with van der Waals surface area (Å²) in [5.41, 5.74) is 0.693. The van der Waals surface area contributed by atoms with Crippen molar-refractivity contribution in [2.24, 2.45) is 5.92 Å². The number of sulfonamides is 1. The number of alkyl halides is 2. The molecule has 13 heteroatoms. The minimum Gasteiger partial charge on any atom is -0.395 e. The van der Waals surface area contributed by atoms with E-state index in [1.54, 1.807) is 18.3 Å². The molecule has 1 aromatic heterocycles. The summed E-state index contributed by atoms with van der Waals surface area (Å²) in [6, 6.07) is 9.36. The van der Waals surface area contributed by atoms with Crippen molar-refractivity contribution in [1.82, 2.24) is 4.57 Å². The van der Waals surface area contributed by atoms with Crippen molar-refractivity contribution in [3.05, 3.63) is 52.4 Å². The van der Waals surface area contributed by atoms with Crippen molar-refractivity contribution >= 4 is 41.1 Å². The molecule has 1 saturated heterocycles. The summed E-state index contributed by atoms with van der Waals surface area (Å²) in [5.74, 6) is -4.59. The zero-order valence-corrected chi connectivity index (χ0v) is 24.9. The highest BCUT2D eigenvalue weighted by Gasteiger charge is 2.40. The zero-order valence-electron chi connectivity index (χ0n) is 23.1. The van der Waals surface area contributed by atoms with Gasteiger partial charge in [0.25, 0.3) is 11.5 Å². The number of aliphatic hydroxyl groups excluding tert-OH is 1. The van der Waals surface area contributed by atoms with Crippen LogP contribution < -0.4 is 20.5 Å². The molecule has 0 spiro atoms. The maximum absolute atomic E-state index is 13.9. The molecule has 2 aliphatic rings. The largest absolute Gasteiger partial charge is 0.395 e. The lowest BCUT2D eigenvalue weighted by Gasteiger charge is -2.38. The van der Waals surface area contributed by atoms with E-state index in [0.29, 0.717) is 18.5 Å². The normalized spacial score (nSPS) is 21.3. The van der Waals surface area contributed by atoms with Gasteiger partial charge < -0.3 is 19.9 Å². The summed E-state index contributed by atoms with van der Waals surface area (Å²) in [7, 11) is -5.12. The molecule has 9 nitrogen and oxygen atoms in total. The molecule has 0 unspecified atom stereocenters. The summed E-state index contributed by atoms with van der Waals surface area (Å²) in [5, 5.41) is 11.8. The summed E-state index contributed by atoms with van der Waals surface area (Å²) < 4.78 is 56.1. The van der Waals surface area contributed by atoms with E-state index in [2.05, 4.69) is 28.0 Å². The fourth-order valence-corrected chi connectivity index (χ4v) is 8.33. The number of halogens is 2. The first kappa shape index (κ1) is 30.2. The van der Waals surface area contributed by atoms with Gasteiger partial charge in [0, 0.05) is 31.2 Å². The lowest BCUT2D eigenvalue weighted by Crippen LogP contribution is -2.43. The predicted molar refractivity (Wildman–Crippen MR) is 156 cm³/mol. The van der Waals surface area contributed by atoms with Gasteiger partial charge in [-0.1, -0.05) is 13.1 Å². The maximum atomic E-state index is 13.9. The lowest BCUT2D eigenvalue weighted by atomic mass is 10.0. The monoisotopic (exact) mass is 596 g/mol. The molecule has 2 heterocycles. The fraction of sp³-hybridized carbons (Fsp3) is 0.556. The Labute approximate surface area is 234 Å².